The van der Waals surface area contributed by atoms with Gasteiger partial charge < -0.3 is 15.7 Å². The van der Waals surface area contributed by atoms with Crippen LogP contribution in [0.1, 0.15) is 37.7 Å². The average Bonchev–Trinajstić information content (AvgIpc) is 3.02. The highest BCUT2D eigenvalue weighted by Crippen LogP contribution is 2.24. The van der Waals surface area contributed by atoms with Crippen LogP contribution in [-0.4, -0.2) is 47.8 Å². The topological polar surface area (TPSA) is 64.6 Å². The minimum absolute atomic E-state index is 0.117. The Balaban J connectivity index is 1.34. The monoisotopic (exact) mass is 349 g/mol. The molecule has 0 radical (unpaired) electrons. The van der Waals surface area contributed by atoms with E-state index >= 15 is 0 Å². The van der Waals surface area contributed by atoms with Crippen molar-refractivity contribution >= 4 is 6.03 Å². The van der Waals surface area contributed by atoms with E-state index in [4.69, 9.17) is 0 Å². The molecule has 6 heteroatoms. The van der Waals surface area contributed by atoms with Crippen LogP contribution in [0.15, 0.2) is 24.3 Å². The van der Waals surface area contributed by atoms with Gasteiger partial charge in [-0.15, -0.1) is 0 Å². The Kier molecular flexibility index (Phi) is 6.26. The number of likely N-dealkylation sites (tertiary alicyclic amines) is 1. The minimum atomic E-state index is -0.200. The Labute approximate surface area is 148 Å². The lowest BCUT2D eigenvalue weighted by atomic mass is 10.0. The molecule has 1 aromatic carbocycles. The highest BCUT2D eigenvalue weighted by molar-refractivity contribution is 5.74. The maximum absolute atomic E-state index is 13.7. The quantitative estimate of drug-likeness (QED) is 0.764. The summed E-state index contributed by atoms with van der Waals surface area (Å²) in [6, 6.07) is 6.95. The van der Waals surface area contributed by atoms with E-state index < -0.39 is 0 Å². The number of amides is 2. The molecule has 1 aliphatic heterocycles. The maximum atomic E-state index is 13.7. The van der Waals surface area contributed by atoms with Crippen LogP contribution in [0.3, 0.4) is 0 Å². The summed E-state index contributed by atoms with van der Waals surface area (Å²) in [6.45, 7) is 2.97. The lowest BCUT2D eigenvalue weighted by Crippen LogP contribution is -2.48. The predicted molar refractivity (Wildman–Crippen MR) is 94.6 cm³/mol. The number of halogens is 1. The number of hydrogen-bond donors (Lipinski definition) is 3. The highest BCUT2D eigenvalue weighted by Gasteiger charge is 2.24. The number of aliphatic hydroxyl groups excluding tert-OH is 1. The van der Waals surface area contributed by atoms with E-state index in [2.05, 4.69) is 15.5 Å². The second kappa shape index (κ2) is 8.63. The average molecular weight is 349 g/mol. The molecule has 138 valence electrons. The van der Waals surface area contributed by atoms with Gasteiger partial charge in [0.15, 0.2) is 0 Å². The summed E-state index contributed by atoms with van der Waals surface area (Å²) in [6.07, 6.45) is 4.17. The van der Waals surface area contributed by atoms with Gasteiger partial charge in [0.1, 0.15) is 5.82 Å². The fourth-order valence-corrected chi connectivity index (χ4v) is 3.81. The summed E-state index contributed by atoms with van der Waals surface area (Å²) in [7, 11) is 0. The standard InChI is InChI=1S/C19H28FN3O2/c20-18-4-2-1-3-15(18)13-23-9-7-16(8-10-23)22-19(25)21-12-14-5-6-17(24)11-14/h1-4,14,16-17,24H,5-13H2,(H2,21,22,25). The molecular weight excluding hydrogens is 321 g/mol. The number of carbonyl (C=O) groups is 1. The van der Waals surface area contributed by atoms with Gasteiger partial charge in [0, 0.05) is 37.8 Å². The Morgan fingerprint density at radius 2 is 1.96 bits per heavy atom. The summed E-state index contributed by atoms with van der Waals surface area (Å²) in [5, 5.41) is 15.5. The van der Waals surface area contributed by atoms with Gasteiger partial charge in [0.05, 0.1) is 6.10 Å². The number of aliphatic hydroxyl groups is 1. The molecule has 2 fully saturated rings. The lowest BCUT2D eigenvalue weighted by Gasteiger charge is -2.32. The molecule has 1 saturated heterocycles. The van der Waals surface area contributed by atoms with Gasteiger partial charge in [-0.05, 0) is 44.1 Å². The van der Waals surface area contributed by atoms with Gasteiger partial charge in [-0.1, -0.05) is 18.2 Å². The van der Waals surface area contributed by atoms with Crippen molar-refractivity contribution in [1.82, 2.24) is 15.5 Å². The first-order valence-electron chi connectivity index (χ1n) is 9.28. The predicted octanol–water partition coefficient (Wildman–Crippen LogP) is 2.25. The normalized spacial score (nSPS) is 25.0. The van der Waals surface area contributed by atoms with E-state index in [1.807, 2.05) is 12.1 Å². The van der Waals surface area contributed by atoms with Crippen LogP contribution in [0.25, 0.3) is 0 Å². The zero-order valence-corrected chi connectivity index (χ0v) is 14.6. The van der Waals surface area contributed by atoms with Crippen molar-refractivity contribution in [2.45, 2.75) is 50.8 Å². The van der Waals surface area contributed by atoms with E-state index in [0.29, 0.717) is 19.0 Å². The second-order valence-electron chi connectivity index (χ2n) is 7.33. The molecule has 1 saturated carbocycles. The third kappa shape index (κ3) is 5.41. The smallest absolute Gasteiger partial charge is 0.315 e. The second-order valence-corrected chi connectivity index (χ2v) is 7.33. The molecule has 5 nitrogen and oxygen atoms in total. The molecule has 1 aliphatic carbocycles. The Morgan fingerprint density at radius 3 is 2.64 bits per heavy atom. The molecular formula is C19H28FN3O2. The van der Waals surface area contributed by atoms with Crippen molar-refractivity contribution in [1.29, 1.82) is 0 Å². The van der Waals surface area contributed by atoms with Crippen molar-refractivity contribution in [3.8, 4) is 0 Å². The van der Waals surface area contributed by atoms with E-state index in [1.54, 1.807) is 6.07 Å². The Hall–Kier alpha value is -1.66. The lowest BCUT2D eigenvalue weighted by molar-refractivity contribution is 0.176. The molecule has 0 spiro atoms. The first-order valence-corrected chi connectivity index (χ1v) is 9.28. The number of urea groups is 1. The maximum Gasteiger partial charge on any atom is 0.315 e. The van der Waals surface area contributed by atoms with Gasteiger partial charge in [-0.2, -0.15) is 0 Å². The van der Waals surface area contributed by atoms with Crippen molar-refractivity contribution in [2.75, 3.05) is 19.6 Å². The van der Waals surface area contributed by atoms with E-state index in [1.165, 1.54) is 6.07 Å². The summed E-state index contributed by atoms with van der Waals surface area (Å²) < 4.78 is 13.7. The number of carbonyl (C=O) groups excluding carboxylic acids is 1. The third-order valence-corrected chi connectivity index (χ3v) is 5.34. The SMILES string of the molecule is O=C(NCC1CCC(O)C1)NC1CCN(Cc2ccccc2F)CC1. The van der Waals surface area contributed by atoms with Crippen molar-refractivity contribution in [3.63, 3.8) is 0 Å². The van der Waals surface area contributed by atoms with Crippen LogP contribution in [0.5, 0.6) is 0 Å². The molecule has 2 unspecified atom stereocenters. The molecule has 2 amide bonds. The summed E-state index contributed by atoms with van der Waals surface area (Å²) in [4.78, 5) is 14.2. The van der Waals surface area contributed by atoms with Crippen LogP contribution in [0, 0.1) is 11.7 Å². The molecule has 25 heavy (non-hydrogen) atoms. The van der Waals surface area contributed by atoms with Crippen molar-refractivity contribution in [2.24, 2.45) is 5.92 Å². The first kappa shape index (κ1) is 18.1. The number of nitrogens with one attached hydrogen (secondary N) is 2. The van der Waals surface area contributed by atoms with E-state index in [-0.39, 0.29) is 24.0 Å². The number of benzene rings is 1. The van der Waals surface area contributed by atoms with Gasteiger partial charge in [-0.3, -0.25) is 4.90 Å². The number of piperidine rings is 1. The zero-order chi connectivity index (χ0) is 17.6. The number of hydrogen-bond acceptors (Lipinski definition) is 3. The largest absolute Gasteiger partial charge is 0.393 e. The van der Waals surface area contributed by atoms with E-state index in [9.17, 15) is 14.3 Å². The van der Waals surface area contributed by atoms with Crippen molar-refractivity contribution in [3.05, 3.63) is 35.6 Å². The Morgan fingerprint density at radius 1 is 1.20 bits per heavy atom. The molecule has 2 aliphatic rings. The fourth-order valence-electron chi connectivity index (χ4n) is 3.81. The van der Waals surface area contributed by atoms with Crippen LogP contribution in [0.4, 0.5) is 9.18 Å². The molecule has 3 rings (SSSR count). The fraction of sp³-hybridized carbons (Fsp3) is 0.632. The van der Waals surface area contributed by atoms with Crippen LogP contribution >= 0.6 is 0 Å². The van der Waals surface area contributed by atoms with Crippen LogP contribution in [-0.2, 0) is 6.54 Å². The van der Waals surface area contributed by atoms with Gasteiger partial charge in [-0.25, -0.2) is 9.18 Å². The molecule has 1 heterocycles. The van der Waals surface area contributed by atoms with Gasteiger partial charge >= 0.3 is 6.03 Å². The van der Waals surface area contributed by atoms with Crippen LogP contribution in [0.2, 0.25) is 0 Å². The molecule has 3 N–H and O–H groups in total. The van der Waals surface area contributed by atoms with Crippen molar-refractivity contribution < 1.29 is 14.3 Å². The molecule has 0 bridgehead atoms. The first-order chi connectivity index (χ1) is 12.1. The van der Waals surface area contributed by atoms with Gasteiger partial charge in [0.25, 0.3) is 0 Å². The minimum Gasteiger partial charge on any atom is -0.393 e. The number of rotatable bonds is 5. The molecule has 2 atom stereocenters. The summed E-state index contributed by atoms with van der Waals surface area (Å²) in [5.41, 5.74) is 0.727. The zero-order valence-electron chi connectivity index (χ0n) is 14.6. The van der Waals surface area contributed by atoms with E-state index in [0.717, 1.165) is 50.8 Å². The van der Waals surface area contributed by atoms with Crippen LogP contribution < -0.4 is 10.6 Å². The highest BCUT2D eigenvalue weighted by atomic mass is 19.1. The summed E-state index contributed by atoms with van der Waals surface area (Å²) in [5.74, 6) is 0.238. The third-order valence-electron chi connectivity index (χ3n) is 5.34. The summed E-state index contributed by atoms with van der Waals surface area (Å²) >= 11 is 0. The van der Waals surface area contributed by atoms with Gasteiger partial charge in [0.2, 0.25) is 0 Å². The molecule has 0 aromatic heterocycles. The Bertz CT molecular complexity index is 576. The number of nitrogens with zero attached hydrogens (tertiary/aromatic N) is 1. The molecule has 1 aromatic rings.